The molecule has 1 fully saturated rings. The molecule has 6 nitrogen and oxygen atoms in total. The van der Waals surface area contributed by atoms with Crippen LogP contribution in [0, 0.1) is 0 Å². The lowest BCUT2D eigenvalue weighted by molar-refractivity contribution is 0.0704. The predicted octanol–water partition coefficient (Wildman–Crippen LogP) is 4.53. The number of carbonyl (C=O) groups is 1. The van der Waals surface area contributed by atoms with Crippen LogP contribution in [0.5, 0.6) is 5.75 Å². The van der Waals surface area contributed by atoms with Gasteiger partial charge in [-0.15, -0.1) is 0 Å². The molecule has 2 aromatic carbocycles. The number of aromatic nitrogens is 2. The molecule has 2 heterocycles. The van der Waals surface area contributed by atoms with Crippen LogP contribution in [0.3, 0.4) is 0 Å². The van der Waals surface area contributed by atoms with Gasteiger partial charge in [0.25, 0.3) is 5.91 Å². The number of carbonyl (C=O) groups excluding carboxylic acids is 1. The largest absolute Gasteiger partial charge is 0.497 e. The number of rotatable bonds is 4. The quantitative estimate of drug-likeness (QED) is 0.594. The molecule has 1 aliphatic heterocycles. The van der Waals surface area contributed by atoms with E-state index >= 15 is 0 Å². The monoisotopic (exact) mass is 441 g/mol. The molecular formula is C21H20BrN3O3. The Bertz CT molecular complexity index is 946. The van der Waals surface area contributed by atoms with Crippen molar-refractivity contribution in [1.29, 1.82) is 0 Å². The van der Waals surface area contributed by atoms with Crippen molar-refractivity contribution in [2.75, 3.05) is 20.2 Å². The van der Waals surface area contributed by atoms with Crippen LogP contribution in [-0.4, -0.2) is 41.1 Å². The van der Waals surface area contributed by atoms with E-state index in [1.54, 1.807) is 19.2 Å². The summed E-state index contributed by atoms with van der Waals surface area (Å²) in [4.78, 5) is 19.1. The van der Waals surface area contributed by atoms with Crippen molar-refractivity contribution in [3.8, 4) is 17.1 Å². The molecular weight excluding hydrogens is 422 g/mol. The minimum Gasteiger partial charge on any atom is -0.497 e. The zero-order valence-corrected chi connectivity index (χ0v) is 17.1. The number of hydrogen-bond donors (Lipinski definition) is 0. The lowest BCUT2D eigenvalue weighted by Gasteiger charge is -2.30. The third-order valence-electron chi connectivity index (χ3n) is 5.01. The summed E-state index contributed by atoms with van der Waals surface area (Å²) in [6.07, 6.45) is 1.62. The lowest BCUT2D eigenvalue weighted by atomic mass is 9.96. The van der Waals surface area contributed by atoms with Crippen LogP contribution in [0.1, 0.15) is 35.0 Å². The number of halogens is 1. The van der Waals surface area contributed by atoms with Crippen LogP contribution in [0.4, 0.5) is 0 Å². The lowest BCUT2D eigenvalue weighted by Crippen LogP contribution is -2.37. The van der Waals surface area contributed by atoms with Gasteiger partial charge in [0.1, 0.15) is 5.75 Å². The van der Waals surface area contributed by atoms with E-state index in [4.69, 9.17) is 9.26 Å². The van der Waals surface area contributed by atoms with Crippen molar-refractivity contribution in [3.05, 3.63) is 64.5 Å². The normalized spacial score (nSPS) is 14.9. The third-order valence-corrected chi connectivity index (χ3v) is 5.54. The van der Waals surface area contributed by atoms with Gasteiger partial charge in [-0.25, -0.2) is 0 Å². The van der Waals surface area contributed by atoms with E-state index in [1.807, 2.05) is 41.3 Å². The molecule has 0 atom stereocenters. The number of benzene rings is 2. The molecule has 1 saturated heterocycles. The molecule has 0 aliphatic carbocycles. The fourth-order valence-electron chi connectivity index (χ4n) is 3.36. The number of piperidine rings is 1. The smallest absolute Gasteiger partial charge is 0.253 e. The van der Waals surface area contributed by atoms with Crippen LogP contribution in [0.2, 0.25) is 0 Å². The Morgan fingerprint density at radius 2 is 1.79 bits per heavy atom. The number of likely N-dealkylation sites (tertiary alicyclic amines) is 1. The molecule has 3 aromatic rings. The maximum Gasteiger partial charge on any atom is 0.253 e. The third kappa shape index (κ3) is 3.94. The molecule has 0 bridgehead atoms. The first-order valence-electron chi connectivity index (χ1n) is 9.17. The Hall–Kier alpha value is -2.67. The number of hydrogen-bond acceptors (Lipinski definition) is 5. The van der Waals surface area contributed by atoms with Gasteiger partial charge in [-0.2, -0.15) is 4.98 Å². The second-order valence-electron chi connectivity index (χ2n) is 6.76. The average molecular weight is 442 g/mol. The maximum atomic E-state index is 12.7. The molecule has 28 heavy (non-hydrogen) atoms. The Morgan fingerprint density at radius 3 is 2.43 bits per heavy atom. The van der Waals surface area contributed by atoms with Crippen molar-refractivity contribution in [3.63, 3.8) is 0 Å². The first-order valence-corrected chi connectivity index (χ1v) is 9.96. The van der Waals surface area contributed by atoms with Crippen LogP contribution in [0.15, 0.2) is 57.5 Å². The fraction of sp³-hybridized carbons (Fsp3) is 0.286. The molecule has 0 spiro atoms. The highest BCUT2D eigenvalue weighted by Gasteiger charge is 2.28. The van der Waals surface area contributed by atoms with Gasteiger partial charge >= 0.3 is 0 Å². The Balaban J connectivity index is 1.38. The molecule has 7 heteroatoms. The van der Waals surface area contributed by atoms with Crippen molar-refractivity contribution >= 4 is 21.8 Å². The minimum atomic E-state index is 0.0437. The summed E-state index contributed by atoms with van der Waals surface area (Å²) >= 11 is 3.42. The fourth-order valence-corrected chi connectivity index (χ4v) is 3.63. The maximum absolute atomic E-state index is 12.7. The standard InChI is InChI=1S/C21H20BrN3O3/c1-27-18-8-4-16(5-9-18)21(26)25-12-10-15(11-13-25)20-23-19(24-28-20)14-2-6-17(22)7-3-14/h2-9,15H,10-13H2,1H3. The SMILES string of the molecule is COc1ccc(C(=O)N2CCC(c3nc(-c4ccc(Br)cc4)no3)CC2)cc1. The highest BCUT2D eigenvalue weighted by Crippen LogP contribution is 2.29. The summed E-state index contributed by atoms with van der Waals surface area (Å²) in [6, 6.07) is 15.0. The zero-order valence-electron chi connectivity index (χ0n) is 15.5. The molecule has 1 aliphatic rings. The van der Waals surface area contributed by atoms with Gasteiger partial charge in [-0.1, -0.05) is 21.1 Å². The molecule has 144 valence electrons. The number of methoxy groups -OCH3 is 1. The van der Waals surface area contributed by atoms with Crippen LogP contribution in [0.25, 0.3) is 11.4 Å². The van der Waals surface area contributed by atoms with E-state index in [-0.39, 0.29) is 11.8 Å². The molecule has 0 radical (unpaired) electrons. The van der Waals surface area contributed by atoms with Crippen LogP contribution >= 0.6 is 15.9 Å². The van der Waals surface area contributed by atoms with Crippen molar-refractivity contribution in [1.82, 2.24) is 15.0 Å². The molecule has 1 amide bonds. The van der Waals surface area contributed by atoms with Crippen molar-refractivity contribution in [2.24, 2.45) is 0 Å². The van der Waals surface area contributed by atoms with Gasteiger partial charge in [0, 0.05) is 34.6 Å². The summed E-state index contributed by atoms with van der Waals surface area (Å²) < 4.78 is 11.7. The number of amides is 1. The summed E-state index contributed by atoms with van der Waals surface area (Å²) in [7, 11) is 1.61. The van der Waals surface area contributed by atoms with Gasteiger partial charge in [-0.05, 0) is 61.4 Å². The number of nitrogens with zero attached hydrogens (tertiary/aromatic N) is 3. The summed E-state index contributed by atoms with van der Waals surface area (Å²) in [5.74, 6) is 2.21. The summed E-state index contributed by atoms with van der Waals surface area (Å²) in [5, 5.41) is 4.12. The van der Waals surface area contributed by atoms with Gasteiger partial charge in [-0.3, -0.25) is 4.79 Å². The second-order valence-corrected chi connectivity index (χ2v) is 7.67. The average Bonchev–Trinajstić information content (AvgIpc) is 3.24. The van der Waals surface area contributed by atoms with Gasteiger partial charge in [0.05, 0.1) is 7.11 Å². The zero-order chi connectivity index (χ0) is 19.5. The van der Waals surface area contributed by atoms with Gasteiger partial charge in [0.15, 0.2) is 0 Å². The van der Waals surface area contributed by atoms with Crippen LogP contribution < -0.4 is 4.74 Å². The highest BCUT2D eigenvalue weighted by molar-refractivity contribution is 9.10. The molecule has 0 saturated carbocycles. The van der Waals surface area contributed by atoms with E-state index in [1.165, 1.54) is 0 Å². The molecule has 1 aromatic heterocycles. The predicted molar refractivity (Wildman–Crippen MR) is 108 cm³/mol. The van der Waals surface area contributed by atoms with E-state index in [0.717, 1.165) is 28.6 Å². The summed E-state index contributed by atoms with van der Waals surface area (Å²) in [5.41, 5.74) is 1.60. The molecule has 0 unspecified atom stereocenters. The minimum absolute atomic E-state index is 0.0437. The highest BCUT2D eigenvalue weighted by atomic mass is 79.9. The van der Waals surface area contributed by atoms with Crippen LogP contribution in [-0.2, 0) is 0 Å². The number of ether oxygens (including phenoxy) is 1. The van der Waals surface area contributed by atoms with E-state index in [2.05, 4.69) is 26.1 Å². The Kier molecular flexibility index (Phi) is 5.43. The molecule has 4 rings (SSSR count). The first kappa shape index (κ1) is 18.7. The van der Waals surface area contributed by atoms with Gasteiger partial charge in [0.2, 0.25) is 11.7 Å². The second kappa shape index (κ2) is 8.14. The van der Waals surface area contributed by atoms with E-state index in [0.29, 0.717) is 30.4 Å². The molecule has 0 N–H and O–H groups in total. The first-order chi connectivity index (χ1) is 13.6. The van der Waals surface area contributed by atoms with Gasteiger partial charge < -0.3 is 14.2 Å². The van der Waals surface area contributed by atoms with Crippen molar-refractivity contribution in [2.45, 2.75) is 18.8 Å². The van der Waals surface area contributed by atoms with E-state index in [9.17, 15) is 4.79 Å². The Morgan fingerprint density at radius 1 is 1.11 bits per heavy atom. The van der Waals surface area contributed by atoms with E-state index < -0.39 is 0 Å². The Labute approximate surface area is 171 Å². The summed E-state index contributed by atoms with van der Waals surface area (Å²) in [6.45, 7) is 1.34. The van der Waals surface area contributed by atoms with Crippen molar-refractivity contribution < 1.29 is 14.1 Å². The topological polar surface area (TPSA) is 68.5 Å².